The van der Waals surface area contributed by atoms with Gasteiger partial charge < -0.3 is 14.6 Å². The zero-order valence-corrected chi connectivity index (χ0v) is 15.6. The Labute approximate surface area is 165 Å². The van der Waals surface area contributed by atoms with Crippen molar-refractivity contribution < 1.29 is 22.4 Å². The Morgan fingerprint density at radius 2 is 1.96 bits per heavy atom. The van der Waals surface area contributed by atoms with Crippen molar-refractivity contribution in [2.45, 2.75) is 19.0 Å². The van der Waals surface area contributed by atoms with Crippen LogP contribution in [0.5, 0.6) is 0 Å². The van der Waals surface area contributed by atoms with E-state index >= 15 is 0 Å². The van der Waals surface area contributed by atoms with Crippen molar-refractivity contribution in [3.8, 4) is 0 Å². The quantitative estimate of drug-likeness (QED) is 0.578. The van der Waals surface area contributed by atoms with Crippen LogP contribution in [0.4, 0.5) is 24.5 Å². The molecule has 1 aliphatic heterocycles. The van der Waals surface area contributed by atoms with Crippen LogP contribution >= 0.6 is 12.2 Å². The Balaban J connectivity index is 1.73. The van der Waals surface area contributed by atoms with Crippen molar-refractivity contribution in [2.24, 2.45) is 0 Å². The van der Waals surface area contributed by atoms with Gasteiger partial charge in [-0.05, 0) is 61.5 Å². The molecule has 1 amide bonds. The van der Waals surface area contributed by atoms with Gasteiger partial charge in [-0.1, -0.05) is 0 Å². The molecule has 1 aliphatic rings. The molecule has 3 rings (SSSR count). The van der Waals surface area contributed by atoms with Crippen molar-refractivity contribution in [1.29, 1.82) is 0 Å². The van der Waals surface area contributed by atoms with Crippen LogP contribution in [-0.2, 0) is 11.0 Å². The van der Waals surface area contributed by atoms with Gasteiger partial charge in [-0.2, -0.15) is 13.2 Å². The molecule has 0 unspecified atom stereocenters. The first-order valence-corrected chi connectivity index (χ1v) is 9.03. The standard InChI is InChI=1S/C19H18F3N3O2S/c20-19(21,22)13-5-7-16(25-9-1-2-10-25)15(12-13)23-18(28)24-17(26)8-6-14-4-3-11-27-14/h3-8,11-12H,1-2,9-10H2,(H2,23,24,26,28)/b8-6+. The summed E-state index contributed by atoms with van der Waals surface area (Å²) in [5.74, 6) is -0.0353. The summed E-state index contributed by atoms with van der Waals surface area (Å²) in [5, 5.41) is 5.06. The smallest absolute Gasteiger partial charge is 0.416 e. The first-order chi connectivity index (χ1) is 13.3. The Hall–Kier alpha value is -2.81. The van der Waals surface area contributed by atoms with E-state index in [2.05, 4.69) is 10.6 Å². The molecule has 0 spiro atoms. The normalized spacial score (nSPS) is 14.5. The van der Waals surface area contributed by atoms with E-state index in [1.807, 2.05) is 4.90 Å². The highest BCUT2D eigenvalue weighted by Gasteiger charge is 2.31. The van der Waals surface area contributed by atoms with Gasteiger partial charge in [0, 0.05) is 19.2 Å². The summed E-state index contributed by atoms with van der Waals surface area (Å²) >= 11 is 5.10. The summed E-state index contributed by atoms with van der Waals surface area (Å²) in [6.45, 7) is 1.51. The van der Waals surface area contributed by atoms with Crippen LogP contribution in [0.3, 0.4) is 0 Å². The van der Waals surface area contributed by atoms with Crippen LogP contribution < -0.4 is 15.5 Å². The number of furan rings is 1. The summed E-state index contributed by atoms with van der Waals surface area (Å²) in [5.41, 5.74) is 0.0371. The van der Waals surface area contributed by atoms with Gasteiger partial charge in [-0.15, -0.1) is 0 Å². The summed E-state index contributed by atoms with van der Waals surface area (Å²) < 4.78 is 44.4. The molecule has 5 nitrogen and oxygen atoms in total. The number of nitrogens with one attached hydrogen (secondary N) is 2. The lowest BCUT2D eigenvalue weighted by atomic mass is 10.1. The molecule has 2 N–H and O–H groups in total. The Kier molecular flexibility index (Phi) is 6.03. The molecular weight excluding hydrogens is 391 g/mol. The Morgan fingerprint density at radius 3 is 2.61 bits per heavy atom. The molecule has 2 aromatic rings. The third-order valence-electron chi connectivity index (χ3n) is 4.20. The SMILES string of the molecule is O=C(/C=C/c1ccco1)NC(=S)Nc1cc(C(F)(F)F)ccc1N1CCCC1. The molecule has 1 aromatic carbocycles. The number of hydrogen-bond acceptors (Lipinski definition) is 4. The minimum Gasteiger partial charge on any atom is -0.465 e. The van der Waals surface area contributed by atoms with Gasteiger partial charge in [-0.25, -0.2) is 0 Å². The second-order valence-corrected chi connectivity index (χ2v) is 6.62. The lowest BCUT2D eigenvalue weighted by Gasteiger charge is -2.23. The van der Waals surface area contributed by atoms with Gasteiger partial charge in [-0.3, -0.25) is 10.1 Å². The molecule has 0 saturated carbocycles. The van der Waals surface area contributed by atoms with Gasteiger partial charge in [0.1, 0.15) is 5.76 Å². The molecular formula is C19H18F3N3O2S. The van der Waals surface area contributed by atoms with Gasteiger partial charge in [0.2, 0.25) is 5.91 Å². The molecule has 148 valence electrons. The summed E-state index contributed by atoms with van der Waals surface area (Å²) in [7, 11) is 0. The zero-order valence-electron chi connectivity index (χ0n) is 14.8. The lowest BCUT2D eigenvalue weighted by molar-refractivity contribution is -0.137. The molecule has 0 atom stereocenters. The number of carbonyl (C=O) groups is 1. The molecule has 28 heavy (non-hydrogen) atoms. The van der Waals surface area contributed by atoms with E-state index in [1.165, 1.54) is 24.5 Å². The van der Waals surface area contributed by atoms with Gasteiger partial charge in [0.25, 0.3) is 0 Å². The van der Waals surface area contributed by atoms with Gasteiger partial charge in [0.05, 0.1) is 23.2 Å². The first kappa shape index (κ1) is 19.9. The van der Waals surface area contributed by atoms with E-state index in [0.29, 0.717) is 11.4 Å². The highest BCUT2D eigenvalue weighted by molar-refractivity contribution is 7.80. The van der Waals surface area contributed by atoms with Crippen LogP contribution in [-0.4, -0.2) is 24.1 Å². The number of halogens is 3. The maximum Gasteiger partial charge on any atom is 0.416 e. The number of nitrogens with zero attached hydrogens (tertiary/aromatic N) is 1. The predicted molar refractivity (Wildman–Crippen MR) is 105 cm³/mol. The second-order valence-electron chi connectivity index (χ2n) is 6.22. The van der Waals surface area contributed by atoms with Crippen molar-refractivity contribution in [3.63, 3.8) is 0 Å². The molecule has 2 heterocycles. The van der Waals surface area contributed by atoms with Crippen molar-refractivity contribution in [3.05, 3.63) is 54.0 Å². The van der Waals surface area contributed by atoms with Crippen LogP contribution in [0, 0.1) is 0 Å². The van der Waals surface area contributed by atoms with E-state index in [0.717, 1.165) is 38.1 Å². The molecule has 9 heteroatoms. The van der Waals surface area contributed by atoms with E-state index in [-0.39, 0.29) is 10.8 Å². The number of amides is 1. The fraction of sp³-hybridized carbons (Fsp3) is 0.263. The molecule has 1 fully saturated rings. The summed E-state index contributed by atoms with van der Waals surface area (Å²) in [4.78, 5) is 13.9. The van der Waals surface area contributed by atoms with E-state index in [4.69, 9.17) is 16.6 Å². The first-order valence-electron chi connectivity index (χ1n) is 8.63. The zero-order chi connectivity index (χ0) is 20.1. The van der Waals surface area contributed by atoms with Gasteiger partial charge in [0.15, 0.2) is 5.11 Å². The summed E-state index contributed by atoms with van der Waals surface area (Å²) in [6.07, 6.45) is 1.62. The largest absolute Gasteiger partial charge is 0.465 e. The molecule has 0 aliphatic carbocycles. The number of hydrogen-bond donors (Lipinski definition) is 2. The Bertz CT molecular complexity index is 873. The maximum atomic E-state index is 13.1. The van der Waals surface area contributed by atoms with Crippen LogP contribution in [0.15, 0.2) is 47.1 Å². The van der Waals surface area contributed by atoms with Crippen molar-refractivity contribution in [2.75, 3.05) is 23.3 Å². The molecule has 0 radical (unpaired) electrons. The monoisotopic (exact) mass is 409 g/mol. The maximum absolute atomic E-state index is 13.1. The Morgan fingerprint density at radius 1 is 1.21 bits per heavy atom. The molecule has 1 aromatic heterocycles. The number of thiocarbonyl (C=S) groups is 1. The number of benzene rings is 1. The fourth-order valence-corrected chi connectivity index (χ4v) is 3.11. The minimum absolute atomic E-state index is 0.0890. The third-order valence-corrected chi connectivity index (χ3v) is 4.40. The number of anilines is 2. The average Bonchev–Trinajstić information content (AvgIpc) is 3.33. The minimum atomic E-state index is -4.48. The van der Waals surface area contributed by atoms with E-state index in [1.54, 1.807) is 12.1 Å². The topological polar surface area (TPSA) is 57.5 Å². The van der Waals surface area contributed by atoms with E-state index in [9.17, 15) is 18.0 Å². The van der Waals surface area contributed by atoms with Crippen LogP contribution in [0.25, 0.3) is 6.08 Å². The third kappa shape index (κ3) is 5.13. The van der Waals surface area contributed by atoms with Crippen molar-refractivity contribution >= 4 is 40.7 Å². The number of rotatable bonds is 4. The molecule has 0 bridgehead atoms. The average molecular weight is 409 g/mol. The second kappa shape index (κ2) is 8.47. The predicted octanol–water partition coefficient (Wildman–Crippen LogP) is 4.43. The highest BCUT2D eigenvalue weighted by Crippen LogP contribution is 2.36. The number of carbonyl (C=O) groups excluding carboxylic acids is 1. The van der Waals surface area contributed by atoms with E-state index < -0.39 is 17.6 Å². The molecule has 1 saturated heterocycles. The van der Waals surface area contributed by atoms with Crippen LogP contribution in [0.1, 0.15) is 24.2 Å². The summed E-state index contributed by atoms with van der Waals surface area (Å²) in [6, 6.07) is 6.83. The lowest BCUT2D eigenvalue weighted by Crippen LogP contribution is -2.33. The fourth-order valence-electron chi connectivity index (χ4n) is 2.90. The highest BCUT2D eigenvalue weighted by atomic mass is 32.1. The number of alkyl halides is 3. The van der Waals surface area contributed by atoms with Gasteiger partial charge >= 0.3 is 6.18 Å². The van der Waals surface area contributed by atoms with Crippen molar-refractivity contribution in [1.82, 2.24) is 5.32 Å². The van der Waals surface area contributed by atoms with Crippen LogP contribution in [0.2, 0.25) is 0 Å².